The lowest BCUT2D eigenvalue weighted by molar-refractivity contribution is 0.143. The SMILES string of the molecule is CCCCCCCCCCCCC(CCCCCCCCCCCC)(CCCCCCCCCCCC)CCCCCCCCCOCC. The lowest BCUT2D eigenvalue weighted by atomic mass is 9.70. The predicted molar refractivity (Wildman–Crippen MR) is 225 cm³/mol. The Morgan fingerprint density at radius 3 is 0.673 bits per heavy atom. The van der Waals surface area contributed by atoms with E-state index in [1.54, 1.807) is 0 Å². The molecule has 296 valence electrons. The molecule has 0 spiro atoms. The van der Waals surface area contributed by atoms with Crippen molar-refractivity contribution in [1.29, 1.82) is 0 Å². The van der Waals surface area contributed by atoms with Gasteiger partial charge in [0.1, 0.15) is 0 Å². The van der Waals surface area contributed by atoms with E-state index in [0.717, 1.165) is 13.2 Å². The first-order valence-corrected chi connectivity index (χ1v) is 23.8. The Labute approximate surface area is 313 Å². The molecule has 0 bridgehead atoms. The molecule has 0 aromatic heterocycles. The van der Waals surface area contributed by atoms with E-state index in [4.69, 9.17) is 4.74 Å². The van der Waals surface area contributed by atoms with Gasteiger partial charge in [-0.25, -0.2) is 0 Å². The van der Waals surface area contributed by atoms with Crippen molar-refractivity contribution < 1.29 is 4.74 Å². The number of unbranched alkanes of at least 4 members (excludes halogenated alkanes) is 33. The third-order valence-electron chi connectivity index (χ3n) is 11.9. The van der Waals surface area contributed by atoms with Crippen LogP contribution in [0.3, 0.4) is 0 Å². The Balaban J connectivity index is 4.87. The van der Waals surface area contributed by atoms with Crippen LogP contribution in [0.5, 0.6) is 0 Å². The highest BCUT2D eigenvalue weighted by atomic mass is 16.5. The van der Waals surface area contributed by atoms with Crippen molar-refractivity contribution in [2.24, 2.45) is 5.41 Å². The summed E-state index contributed by atoms with van der Waals surface area (Å²) < 4.78 is 5.55. The molecule has 0 aliphatic carbocycles. The summed E-state index contributed by atoms with van der Waals surface area (Å²) in [6.07, 6.45) is 60.1. The maximum absolute atomic E-state index is 5.55. The third kappa shape index (κ3) is 37.5. The zero-order valence-electron chi connectivity index (χ0n) is 35.3. The quantitative estimate of drug-likeness (QED) is 0.0578. The molecule has 0 unspecified atom stereocenters. The molecule has 0 saturated carbocycles. The van der Waals surface area contributed by atoms with Crippen molar-refractivity contribution in [1.82, 2.24) is 0 Å². The van der Waals surface area contributed by atoms with E-state index < -0.39 is 0 Å². The normalized spacial score (nSPS) is 12.0. The molecule has 0 aromatic carbocycles. The molecule has 1 nitrogen and oxygen atoms in total. The number of hydrogen-bond donors (Lipinski definition) is 0. The van der Waals surface area contributed by atoms with Crippen LogP contribution in [0.2, 0.25) is 0 Å². The molecular weight excluding hydrogens is 593 g/mol. The molecule has 0 aromatic rings. The van der Waals surface area contributed by atoms with Gasteiger partial charge in [-0.3, -0.25) is 0 Å². The summed E-state index contributed by atoms with van der Waals surface area (Å²) in [5.74, 6) is 0. The molecule has 0 radical (unpaired) electrons. The van der Waals surface area contributed by atoms with Crippen molar-refractivity contribution in [2.75, 3.05) is 13.2 Å². The Bertz CT molecular complexity index is 468. The maximum atomic E-state index is 5.55. The fourth-order valence-electron chi connectivity index (χ4n) is 8.44. The van der Waals surface area contributed by atoms with Gasteiger partial charge in [-0.2, -0.15) is 0 Å². The molecule has 0 aliphatic rings. The van der Waals surface area contributed by atoms with E-state index in [1.807, 2.05) is 0 Å². The van der Waals surface area contributed by atoms with Gasteiger partial charge in [0.2, 0.25) is 0 Å². The van der Waals surface area contributed by atoms with Crippen LogP contribution in [-0.2, 0) is 4.74 Å². The molecule has 0 aliphatic heterocycles. The first-order valence-electron chi connectivity index (χ1n) is 23.8. The molecule has 1 heteroatoms. The second-order valence-corrected chi connectivity index (χ2v) is 16.7. The summed E-state index contributed by atoms with van der Waals surface area (Å²) in [4.78, 5) is 0. The van der Waals surface area contributed by atoms with Gasteiger partial charge in [-0.15, -0.1) is 0 Å². The molecule has 0 rings (SSSR count). The summed E-state index contributed by atoms with van der Waals surface area (Å²) >= 11 is 0. The van der Waals surface area contributed by atoms with E-state index in [-0.39, 0.29) is 0 Å². The van der Waals surface area contributed by atoms with Gasteiger partial charge in [0.25, 0.3) is 0 Å². The number of ether oxygens (including phenoxy) is 1. The second-order valence-electron chi connectivity index (χ2n) is 16.7. The van der Waals surface area contributed by atoms with Gasteiger partial charge in [0.15, 0.2) is 0 Å². The van der Waals surface area contributed by atoms with Crippen LogP contribution in [0.15, 0.2) is 0 Å². The zero-order valence-corrected chi connectivity index (χ0v) is 35.3. The van der Waals surface area contributed by atoms with E-state index in [1.165, 1.54) is 263 Å². The highest BCUT2D eigenvalue weighted by molar-refractivity contribution is 4.80. The summed E-state index contributed by atoms with van der Waals surface area (Å²) in [7, 11) is 0. The first kappa shape index (κ1) is 49.0. The lowest BCUT2D eigenvalue weighted by Gasteiger charge is -2.35. The maximum Gasteiger partial charge on any atom is 0.0465 e. The monoisotopic (exact) mass is 691 g/mol. The summed E-state index contributed by atoms with van der Waals surface area (Å²) in [6, 6.07) is 0. The highest BCUT2D eigenvalue weighted by Crippen LogP contribution is 2.42. The third-order valence-corrected chi connectivity index (χ3v) is 11.9. The molecule has 0 fully saturated rings. The standard InChI is InChI=1S/C48H98O/c1-5-9-12-15-18-21-24-28-33-38-43-48(44-39-34-29-25-22-19-16-13-10-6-2,45-40-35-30-26-23-20-17-14-11-7-3)46-41-36-31-27-32-37-42-47-49-8-4/h5-47H2,1-4H3. The largest absolute Gasteiger partial charge is 0.382 e. The van der Waals surface area contributed by atoms with Crippen LogP contribution < -0.4 is 0 Å². The van der Waals surface area contributed by atoms with Crippen molar-refractivity contribution >= 4 is 0 Å². The topological polar surface area (TPSA) is 9.23 Å². The van der Waals surface area contributed by atoms with Crippen LogP contribution in [0.1, 0.15) is 291 Å². The van der Waals surface area contributed by atoms with Gasteiger partial charge in [0, 0.05) is 13.2 Å². The summed E-state index contributed by atoms with van der Waals surface area (Å²) in [6.45, 7) is 11.0. The fourth-order valence-corrected chi connectivity index (χ4v) is 8.44. The Morgan fingerprint density at radius 2 is 0.449 bits per heavy atom. The van der Waals surface area contributed by atoms with Crippen molar-refractivity contribution in [3.8, 4) is 0 Å². The van der Waals surface area contributed by atoms with E-state index in [2.05, 4.69) is 27.7 Å². The van der Waals surface area contributed by atoms with Crippen molar-refractivity contribution in [3.05, 3.63) is 0 Å². The molecular formula is C48H98O. The zero-order chi connectivity index (χ0) is 35.6. The van der Waals surface area contributed by atoms with E-state index in [9.17, 15) is 0 Å². The van der Waals surface area contributed by atoms with Crippen LogP contribution >= 0.6 is 0 Å². The van der Waals surface area contributed by atoms with E-state index >= 15 is 0 Å². The van der Waals surface area contributed by atoms with Gasteiger partial charge >= 0.3 is 0 Å². The smallest absolute Gasteiger partial charge is 0.0465 e. The Hall–Kier alpha value is -0.0400. The minimum absolute atomic E-state index is 0.651. The minimum atomic E-state index is 0.651. The first-order chi connectivity index (χ1) is 24.2. The molecule has 0 heterocycles. The Morgan fingerprint density at radius 1 is 0.245 bits per heavy atom. The molecule has 49 heavy (non-hydrogen) atoms. The minimum Gasteiger partial charge on any atom is -0.382 e. The van der Waals surface area contributed by atoms with Crippen LogP contribution in [0.4, 0.5) is 0 Å². The van der Waals surface area contributed by atoms with Crippen LogP contribution in [0, 0.1) is 5.41 Å². The molecule has 0 N–H and O–H groups in total. The summed E-state index contributed by atoms with van der Waals surface area (Å²) in [5.41, 5.74) is 0.651. The average Bonchev–Trinajstić information content (AvgIpc) is 3.11. The second kappa shape index (κ2) is 42.4. The average molecular weight is 691 g/mol. The number of rotatable bonds is 44. The highest BCUT2D eigenvalue weighted by Gasteiger charge is 2.28. The van der Waals surface area contributed by atoms with Gasteiger partial charge in [-0.1, -0.05) is 252 Å². The summed E-state index contributed by atoms with van der Waals surface area (Å²) in [5, 5.41) is 0. The molecule has 0 saturated heterocycles. The lowest BCUT2D eigenvalue weighted by Crippen LogP contribution is -2.21. The van der Waals surface area contributed by atoms with Gasteiger partial charge in [-0.05, 0) is 44.4 Å². The fraction of sp³-hybridized carbons (Fsp3) is 1.00. The van der Waals surface area contributed by atoms with E-state index in [0.29, 0.717) is 5.41 Å². The molecule has 0 amide bonds. The van der Waals surface area contributed by atoms with Gasteiger partial charge in [0.05, 0.1) is 0 Å². The van der Waals surface area contributed by atoms with Crippen LogP contribution in [0.25, 0.3) is 0 Å². The Kier molecular flexibility index (Phi) is 42.3. The predicted octanol–water partition coefficient (Wildman–Crippen LogP) is 18.1. The number of hydrogen-bond acceptors (Lipinski definition) is 1. The van der Waals surface area contributed by atoms with Crippen molar-refractivity contribution in [2.45, 2.75) is 291 Å². The van der Waals surface area contributed by atoms with Crippen LogP contribution in [-0.4, -0.2) is 13.2 Å². The molecule has 0 atom stereocenters. The van der Waals surface area contributed by atoms with Gasteiger partial charge < -0.3 is 4.74 Å². The van der Waals surface area contributed by atoms with Crippen molar-refractivity contribution in [3.63, 3.8) is 0 Å².